The van der Waals surface area contributed by atoms with E-state index in [0.717, 1.165) is 10.9 Å². The monoisotopic (exact) mass is 293 g/mol. The third-order valence-electron chi connectivity index (χ3n) is 3.43. The van der Waals surface area contributed by atoms with E-state index in [2.05, 4.69) is 10.3 Å². The average molecular weight is 293 g/mol. The van der Waals surface area contributed by atoms with Gasteiger partial charge < -0.3 is 16.2 Å². The van der Waals surface area contributed by atoms with Crippen molar-refractivity contribution >= 4 is 22.5 Å². The molecule has 5 heteroatoms. The number of phenols is 1. The largest absolute Gasteiger partial charge is 0.508 e. The Hall–Kier alpha value is -2.92. The summed E-state index contributed by atoms with van der Waals surface area (Å²) in [5.41, 5.74) is 7.94. The highest BCUT2D eigenvalue weighted by molar-refractivity contribution is 6.02. The van der Waals surface area contributed by atoms with E-state index < -0.39 is 6.04 Å². The van der Waals surface area contributed by atoms with Crippen LogP contribution in [-0.2, 0) is 4.79 Å². The number of nitrogens with zero attached hydrogens (tertiary/aromatic N) is 1. The molecule has 0 saturated carbocycles. The summed E-state index contributed by atoms with van der Waals surface area (Å²) in [6, 6.07) is 14.8. The Morgan fingerprint density at radius 2 is 1.82 bits per heavy atom. The number of fused-ring (bicyclic) bond motifs is 1. The van der Waals surface area contributed by atoms with E-state index in [9.17, 15) is 9.90 Å². The Kier molecular flexibility index (Phi) is 3.72. The molecule has 1 aromatic heterocycles. The Balaban J connectivity index is 1.85. The van der Waals surface area contributed by atoms with Crippen LogP contribution in [0.4, 0.5) is 5.69 Å². The van der Waals surface area contributed by atoms with E-state index in [0.29, 0.717) is 11.3 Å². The molecule has 0 aliphatic heterocycles. The van der Waals surface area contributed by atoms with Crippen molar-refractivity contribution in [3.8, 4) is 5.75 Å². The number of aromatic nitrogens is 1. The predicted molar refractivity (Wildman–Crippen MR) is 85.4 cm³/mol. The number of carbonyl (C=O) groups is 1. The third kappa shape index (κ3) is 2.75. The van der Waals surface area contributed by atoms with Gasteiger partial charge in [-0.05, 0) is 29.8 Å². The first-order valence-corrected chi connectivity index (χ1v) is 6.84. The van der Waals surface area contributed by atoms with Gasteiger partial charge in [-0.1, -0.05) is 30.3 Å². The number of hydrogen-bond acceptors (Lipinski definition) is 4. The minimum Gasteiger partial charge on any atom is -0.508 e. The highest BCUT2D eigenvalue weighted by Gasteiger charge is 2.17. The number of aromatic hydroxyl groups is 1. The van der Waals surface area contributed by atoms with Crippen LogP contribution in [-0.4, -0.2) is 16.0 Å². The molecule has 22 heavy (non-hydrogen) atoms. The standard InChI is InChI=1S/C17H15N3O2/c18-15(11-6-8-13(21)9-7-11)17(22)20-14-5-1-3-12-4-2-10-19-16(12)14/h1-10,15,21H,18H2,(H,20,22). The van der Waals surface area contributed by atoms with Crippen molar-refractivity contribution in [1.82, 2.24) is 4.98 Å². The van der Waals surface area contributed by atoms with Crippen LogP contribution in [0.3, 0.4) is 0 Å². The Morgan fingerprint density at radius 3 is 2.59 bits per heavy atom. The van der Waals surface area contributed by atoms with Crippen molar-refractivity contribution in [2.24, 2.45) is 5.73 Å². The van der Waals surface area contributed by atoms with Crippen LogP contribution in [0, 0.1) is 0 Å². The zero-order chi connectivity index (χ0) is 15.5. The fraction of sp³-hybridized carbons (Fsp3) is 0.0588. The van der Waals surface area contributed by atoms with Gasteiger partial charge in [0.1, 0.15) is 11.8 Å². The Labute approximate surface area is 127 Å². The van der Waals surface area contributed by atoms with Gasteiger partial charge in [0, 0.05) is 11.6 Å². The summed E-state index contributed by atoms with van der Waals surface area (Å²) in [5.74, 6) is -0.196. The van der Waals surface area contributed by atoms with Crippen LogP contribution in [0.15, 0.2) is 60.8 Å². The molecule has 0 radical (unpaired) electrons. The van der Waals surface area contributed by atoms with E-state index in [1.54, 1.807) is 24.4 Å². The van der Waals surface area contributed by atoms with E-state index in [4.69, 9.17) is 5.73 Å². The Bertz CT molecular complexity index is 810. The molecule has 4 N–H and O–H groups in total. The first-order valence-electron chi connectivity index (χ1n) is 6.84. The smallest absolute Gasteiger partial charge is 0.245 e. The Morgan fingerprint density at radius 1 is 1.09 bits per heavy atom. The fourth-order valence-corrected chi connectivity index (χ4v) is 2.25. The van der Waals surface area contributed by atoms with Gasteiger partial charge in [-0.25, -0.2) is 0 Å². The zero-order valence-electron chi connectivity index (χ0n) is 11.7. The van der Waals surface area contributed by atoms with Gasteiger partial charge in [-0.2, -0.15) is 0 Å². The second-order valence-corrected chi connectivity index (χ2v) is 4.94. The minimum absolute atomic E-state index is 0.134. The number of anilines is 1. The summed E-state index contributed by atoms with van der Waals surface area (Å²) < 4.78 is 0. The summed E-state index contributed by atoms with van der Waals surface area (Å²) in [7, 11) is 0. The lowest BCUT2D eigenvalue weighted by Crippen LogP contribution is -2.27. The van der Waals surface area contributed by atoms with Crippen LogP contribution in [0.1, 0.15) is 11.6 Å². The summed E-state index contributed by atoms with van der Waals surface area (Å²) in [6.07, 6.45) is 1.68. The van der Waals surface area contributed by atoms with Crippen molar-refractivity contribution in [2.45, 2.75) is 6.04 Å². The van der Waals surface area contributed by atoms with Crippen molar-refractivity contribution in [3.63, 3.8) is 0 Å². The number of para-hydroxylation sites is 1. The number of carbonyl (C=O) groups excluding carboxylic acids is 1. The van der Waals surface area contributed by atoms with Gasteiger partial charge in [0.15, 0.2) is 0 Å². The van der Waals surface area contributed by atoms with E-state index in [1.165, 1.54) is 12.1 Å². The number of nitrogens with two attached hydrogens (primary N) is 1. The lowest BCUT2D eigenvalue weighted by Gasteiger charge is -2.13. The molecule has 2 aromatic carbocycles. The topological polar surface area (TPSA) is 88.2 Å². The molecule has 110 valence electrons. The number of benzene rings is 2. The molecule has 0 bridgehead atoms. The zero-order valence-corrected chi connectivity index (χ0v) is 11.7. The van der Waals surface area contributed by atoms with Gasteiger partial charge in [-0.3, -0.25) is 9.78 Å². The molecule has 0 fully saturated rings. The fourth-order valence-electron chi connectivity index (χ4n) is 2.25. The second-order valence-electron chi connectivity index (χ2n) is 4.94. The summed E-state index contributed by atoms with van der Waals surface area (Å²) in [5, 5.41) is 13.0. The minimum atomic E-state index is -0.820. The molecule has 1 unspecified atom stereocenters. The van der Waals surface area contributed by atoms with Crippen molar-refractivity contribution in [1.29, 1.82) is 0 Å². The SMILES string of the molecule is NC(C(=O)Nc1cccc2cccnc12)c1ccc(O)cc1. The van der Waals surface area contributed by atoms with Crippen molar-refractivity contribution in [3.05, 3.63) is 66.4 Å². The van der Waals surface area contributed by atoms with Crippen molar-refractivity contribution in [2.75, 3.05) is 5.32 Å². The molecule has 0 aliphatic rings. The van der Waals surface area contributed by atoms with Gasteiger partial charge in [0.05, 0.1) is 11.2 Å². The third-order valence-corrected chi connectivity index (χ3v) is 3.43. The number of rotatable bonds is 3. The van der Waals surface area contributed by atoms with Crippen molar-refractivity contribution < 1.29 is 9.90 Å². The van der Waals surface area contributed by atoms with Gasteiger partial charge in [0.2, 0.25) is 5.91 Å². The average Bonchev–Trinajstić information content (AvgIpc) is 2.55. The van der Waals surface area contributed by atoms with E-state index in [1.807, 2.05) is 24.3 Å². The maximum absolute atomic E-state index is 12.3. The van der Waals surface area contributed by atoms with Gasteiger partial charge in [0.25, 0.3) is 0 Å². The van der Waals surface area contributed by atoms with Crippen LogP contribution in [0.25, 0.3) is 10.9 Å². The number of phenolic OH excluding ortho intramolecular Hbond substituents is 1. The summed E-state index contributed by atoms with van der Waals surface area (Å²) in [6.45, 7) is 0. The van der Waals surface area contributed by atoms with E-state index in [-0.39, 0.29) is 11.7 Å². The molecule has 0 aliphatic carbocycles. The predicted octanol–water partition coefficient (Wildman–Crippen LogP) is 2.58. The van der Waals surface area contributed by atoms with Gasteiger partial charge in [-0.15, -0.1) is 0 Å². The molecule has 3 aromatic rings. The summed E-state index contributed by atoms with van der Waals surface area (Å²) >= 11 is 0. The molecular weight excluding hydrogens is 278 g/mol. The highest BCUT2D eigenvalue weighted by atomic mass is 16.3. The molecule has 3 rings (SSSR count). The molecule has 0 spiro atoms. The first-order chi connectivity index (χ1) is 10.6. The van der Waals surface area contributed by atoms with Crippen LogP contribution in [0.2, 0.25) is 0 Å². The lowest BCUT2D eigenvalue weighted by molar-refractivity contribution is -0.117. The normalized spacial score (nSPS) is 12.0. The molecule has 0 saturated heterocycles. The first kappa shape index (κ1) is 14.0. The second kappa shape index (κ2) is 5.83. The number of nitrogens with one attached hydrogen (secondary N) is 1. The summed E-state index contributed by atoms with van der Waals surface area (Å²) in [4.78, 5) is 16.6. The van der Waals surface area contributed by atoms with Gasteiger partial charge >= 0.3 is 0 Å². The van der Waals surface area contributed by atoms with E-state index >= 15 is 0 Å². The maximum Gasteiger partial charge on any atom is 0.245 e. The number of pyridine rings is 1. The number of amides is 1. The molecule has 5 nitrogen and oxygen atoms in total. The number of hydrogen-bond donors (Lipinski definition) is 3. The maximum atomic E-state index is 12.3. The highest BCUT2D eigenvalue weighted by Crippen LogP contribution is 2.22. The molecule has 1 amide bonds. The molecule has 1 atom stereocenters. The molecule has 1 heterocycles. The van der Waals surface area contributed by atoms with Crippen LogP contribution in [0.5, 0.6) is 5.75 Å². The molecular formula is C17H15N3O2. The quantitative estimate of drug-likeness (QED) is 0.692. The lowest BCUT2D eigenvalue weighted by atomic mass is 10.1. The van der Waals surface area contributed by atoms with Crippen LogP contribution >= 0.6 is 0 Å². The van der Waals surface area contributed by atoms with Crippen LogP contribution < -0.4 is 11.1 Å².